The number of carboxylic acids is 1. The number of nitrogens with zero attached hydrogens (tertiary/aromatic N) is 1. The van der Waals surface area contributed by atoms with Gasteiger partial charge >= 0.3 is 5.97 Å². The third-order valence-corrected chi connectivity index (χ3v) is 4.86. The number of aromatic carboxylic acids is 1. The van der Waals surface area contributed by atoms with Gasteiger partial charge < -0.3 is 15.3 Å². The van der Waals surface area contributed by atoms with Crippen LogP contribution in [0.4, 0.5) is 5.69 Å². The standard InChI is InChI=1S/C18H26N2O6S/c1-4-8-20(9-5-2)17(22)7-6-16(21)19-14-10-13(18(23)24)11-15(12-14)27(3,25)26/h10-12H,4-9H2,1-3H3,(H,19,21)(H,23,24). The van der Waals surface area contributed by atoms with Gasteiger partial charge in [0.2, 0.25) is 11.8 Å². The van der Waals surface area contributed by atoms with Crippen molar-refractivity contribution in [2.75, 3.05) is 24.7 Å². The van der Waals surface area contributed by atoms with Crippen LogP contribution in [-0.2, 0) is 19.4 Å². The molecule has 9 heteroatoms. The van der Waals surface area contributed by atoms with Gasteiger partial charge in [-0.25, -0.2) is 13.2 Å². The predicted octanol–water partition coefficient (Wildman–Crippen LogP) is 2.16. The zero-order chi connectivity index (χ0) is 20.6. The molecule has 0 atom stereocenters. The SMILES string of the molecule is CCCN(CCC)C(=O)CCC(=O)Nc1cc(C(=O)O)cc(S(C)(=O)=O)c1. The van der Waals surface area contributed by atoms with Gasteiger partial charge in [0.25, 0.3) is 0 Å². The fraction of sp³-hybridized carbons (Fsp3) is 0.500. The Bertz CT molecular complexity index is 798. The Balaban J connectivity index is 2.83. The molecule has 0 fully saturated rings. The number of carboxylic acid groups (broad SMARTS) is 1. The summed E-state index contributed by atoms with van der Waals surface area (Å²) in [6, 6.07) is 3.41. The highest BCUT2D eigenvalue weighted by Gasteiger charge is 2.17. The largest absolute Gasteiger partial charge is 0.478 e. The summed E-state index contributed by atoms with van der Waals surface area (Å²) in [5.74, 6) is -1.91. The Labute approximate surface area is 159 Å². The van der Waals surface area contributed by atoms with E-state index in [9.17, 15) is 22.8 Å². The number of amides is 2. The molecule has 27 heavy (non-hydrogen) atoms. The van der Waals surface area contributed by atoms with Crippen molar-refractivity contribution in [2.24, 2.45) is 0 Å². The topological polar surface area (TPSA) is 121 Å². The van der Waals surface area contributed by atoms with E-state index in [1.165, 1.54) is 12.1 Å². The second kappa shape index (κ2) is 10.1. The van der Waals surface area contributed by atoms with Crippen LogP contribution in [0.3, 0.4) is 0 Å². The quantitative estimate of drug-likeness (QED) is 0.623. The number of rotatable bonds is 10. The van der Waals surface area contributed by atoms with Crippen molar-refractivity contribution in [1.29, 1.82) is 0 Å². The van der Waals surface area contributed by atoms with Crippen molar-refractivity contribution in [3.8, 4) is 0 Å². The van der Waals surface area contributed by atoms with Gasteiger partial charge in [-0.1, -0.05) is 13.8 Å². The first-order chi connectivity index (χ1) is 12.6. The number of hydrogen-bond acceptors (Lipinski definition) is 5. The number of hydrogen-bond donors (Lipinski definition) is 2. The normalized spacial score (nSPS) is 11.1. The zero-order valence-corrected chi connectivity index (χ0v) is 16.6. The molecule has 0 aliphatic heterocycles. The van der Waals surface area contributed by atoms with Gasteiger partial charge in [-0.05, 0) is 31.0 Å². The lowest BCUT2D eigenvalue weighted by atomic mass is 10.2. The van der Waals surface area contributed by atoms with E-state index in [1.807, 2.05) is 13.8 Å². The molecule has 150 valence electrons. The Hall–Kier alpha value is -2.42. The van der Waals surface area contributed by atoms with Crippen molar-refractivity contribution in [3.63, 3.8) is 0 Å². The minimum Gasteiger partial charge on any atom is -0.478 e. The summed E-state index contributed by atoms with van der Waals surface area (Å²) in [4.78, 5) is 37.0. The Kier molecular flexibility index (Phi) is 8.42. The fourth-order valence-corrected chi connectivity index (χ4v) is 3.19. The molecule has 0 heterocycles. The van der Waals surface area contributed by atoms with E-state index >= 15 is 0 Å². The number of nitrogens with one attached hydrogen (secondary N) is 1. The van der Waals surface area contributed by atoms with Crippen molar-refractivity contribution in [2.45, 2.75) is 44.4 Å². The van der Waals surface area contributed by atoms with Gasteiger partial charge in [-0.3, -0.25) is 9.59 Å². The van der Waals surface area contributed by atoms with Gasteiger partial charge in [0.1, 0.15) is 0 Å². The van der Waals surface area contributed by atoms with E-state index in [0.29, 0.717) is 13.1 Å². The summed E-state index contributed by atoms with van der Waals surface area (Å²) in [5.41, 5.74) is -0.187. The molecule has 0 radical (unpaired) electrons. The van der Waals surface area contributed by atoms with Gasteiger partial charge in [0.15, 0.2) is 9.84 Å². The molecule has 2 amide bonds. The third kappa shape index (κ3) is 7.38. The minimum atomic E-state index is -3.64. The molecule has 0 aliphatic carbocycles. The lowest BCUT2D eigenvalue weighted by Gasteiger charge is -2.21. The van der Waals surface area contributed by atoms with E-state index < -0.39 is 21.7 Å². The van der Waals surface area contributed by atoms with Crippen LogP contribution in [-0.4, -0.2) is 55.6 Å². The van der Waals surface area contributed by atoms with Crippen molar-refractivity contribution in [3.05, 3.63) is 23.8 Å². The van der Waals surface area contributed by atoms with Gasteiger partial charge in [0, 0.05) is 37.9 Å². The summed E-state index contributed by atoms with van der Waals surface area (Å²) in [6.07, 6.45) is 2.56. The molecule has 1 aromatic rings. The average Bonchev–Trinajstić information content (AvgIpc) is 2.58. The van der Waals surface area contributed by atoms with Crippen molar-refractivity contribution < 1.29 is 27.9 Å². The van der Waals surface area contributed by atoms with E-state index in [-0.39, 0.29) is 34.9 Å². The van der Waals surface area contributed by atoms with Gasteiger partial charge in [-0.2, -0.15) is 0 Å². The summed E-state index contributed by atoms with van der Waals surface area (Å²) in [6.45, 7) is 5.20. The highest BCUT2D eigenvalue weighted by Crippen LogP contribution is 2.19. The molecule has 8 nitrogen and oxygen atoms in total. The number of carbonyl (C=O) groups excluding carboxylic acids is 2. The van der Waals surface area contributed by atoms with Gasteiger partial charge in [-0.15, -0.1) is 0 Å². The molecule has 1 aromatic carbocycles. The Morgan fingerprint density at radius 2 is 1.63 bits per heavy atom. The molecule has 1 rings (SSSR count). The maximum atomic E-state index is 12.2. The molecule has 2 N–H and O–H groups in total. The van der Waals surface area contributed by atoms with Crippen LogP contribution in [0.1, 0.15) is 49.9 Å². The number of carbonyl (C=O) groups is 3. The second-order valence-electron chi connectivity index (χ2n) is 6.25. The van der Waals surface area contributed by atoms with Crippen LogP contribution < -0.4 is 5.32 Å². The monoisotopic (exact) mass is 398 g/mol. The fourth-order valence-electron chi connectivity index (χ4n) is 2.51. The Morgan fingerprint density at radius 3 is 2.11 bits per heavy atom. The van der Waals surface area contributed by atoms with Crippen LogP contribution in [0.5, 0.6) is 0 Å². The number of anilines is 1. The molecule has 0 bridgehead atoms. The number of benzene rings is 1. The first-order valence-corrected chi connectivity index (χ1v) is 10.6. The summed E-state index contributed by atoms with van der Waals surface area (Å²) in [5, 5.41) is 11.6. The average molecular weight is 398 g/mol. The van der Waals surface area contributed by atoms with E-state index in [1.54, 1.807) is 4.90 Å². The van der Waals surface area contributed by atoms with Crippen LogP contribution >= 0.6 is 0 Å². The van der Waals surface area contributed by atoms with Crippen LogP contribution in [0.25, 0.3) is 0 Å². The molecular formula is C18H26N2O6S. The van der Waals surface area contributed by atoms with Crippen LogP contribution in [0.15, 0.2) is 23.1 Å². The molecule has 0 spiro atoms. The first-order valence-electron chi connectivity index (χ1n) is 8.74. The molecule has 0 unspecified atom stereocenters. The lowest BCUT2D eigenvalue weighted by molar-refractivity contribution is -0.132. The second-order valence-corrected chi connectivity index (χ2v) is 8.27. The van der Waals surface area contributed by atoms with Gasteiger partial charge in [0.05, 0.1) is 10.5 Å². The lowest BCUT2D eigenvalue weighted by Crippen LogP contribution is -2.33. The van der Waals surface area contributed by atoms with Crippen LogP contribution in [0, 0.1) is 0 Å². The maximum absolute atomic E-state index is 12.2. The minimum absolute atomic E-state index is 0.0311. The van der Waals surface area contributed by atoms with E-state index in [0.717, 1.165) is 25.2 Å². The first kappa shape index (κ1) is 22.6. The highest BCUT2D eigenvalue weighted by atomic mass is 32.2. The smallest absolute Gasteiger partial charge is 0.335 e. The van der Waals surface area contributed by atoms with Crippen LogP contribution in [0.2, 0.25) is 0 Å². The molecule has 0 saturated carbocycles. The molecule has 0 aliphatic rings. The predicted molar refractivity (Wildman–Crippen MR) is 102 cm³/mol. The zero-order valence-electron chi connectivity index (χ0n) is 15.8. The summed E-state index contributed by atoms with van der Waals surface area (Å²) >= 11 is 0. The number of sulfone groups is 1. The highest BCUT2D eigenvalue weighted by molar-refractivity contribution is 7.90. The van der Waals surface area contributed by atoms with Crippen molar-refractivity contribution in [1.82, 2.24) is 4.90 Å². The Morgan fingerprint density at radius 1 is 1.04 bits per heavy atom. The third-order valence-electron chi connectivity index (χ3n) is 3.77. The maximum Gasteiger partial charge on any atom is 0.335 e. The van der Waals surface area contributed by atoms with E-state index in [2.05, 4.69) is 5.32 Å². The molecule has 0 aromatic heterocycles. The molecular weight excluding hydrogens is 372 g/mol. The van der Waals surface area contributed by atoms with E-state index in [4.69, 9.17) is 5.11 Å². The summed E-state index contributed by atoms with van der Waals surface area (Å²) in [7, 11) is -3.64. The molecule has 0 saturated heterocycles. The summed E-state index contributed by atoms with van der Waals surface area (Å²) < 4.78 is 23.4. The van der Waals surface area contributed by atoms with Crippen molar-refractivity contribution >= 4 is 33.3 Å².